The third-order valence-corrected chi connectivity index (χ3v) is 1.96. The van der Waals surface area contributed by atoms with Gasteiger partial charge in [-0.2, -0.15) is 0 Å². The van der Waals surface area contributed by atoms with Gasteiger partial charge in [-0.15, -0.1) is 0 Å². The lowest BCUT2D eigenvalue weighted by molar-refractivity contribution is 0.192. The van der Waals surface area contributed by atoms with Gasteiger partial charge < -0.3 is 15.7 Å². The molecule has 1 rings (SSSR count). The Balaban J connectivity index is 2.12. The Hall–Kier alpha value is -1.13. The van der Waals surface area contributed by atoms with Gasteiger partial charge in [0.25, 0.3) is 0 Å². The molecule has 0 aliphatic rings. The highest BCUT2D eigenvalue weighted by Gasteiger charge is 1.94. The minimum Gasteiger partial charge on any atom is -0.392 e. The van der Waals surface area contributed by atoms with Crippen LogP contribution in [0.25, 0.3) is 0 Å². The summed E-state index contributed by atoms with van der Waals surface area (Å²) in [4.78, 5) is 4.22. The molecule has 1 aromatic rings. The quantitative estimate of drug-likeness (QED) is 0.606. The van der Waals surface area contributed by atoms with Crippen LogP contribution in [0.15, 0.2) is 18.3 Å². The number of aryl methyl sites for hydroxylation is 1. The summed E-state index contributed by atoms with van der Waals surface area (Å²) in [6, 6.07) is 3.99. The number of aliphatic hydroxyl groups excluding tert-OH is 1. The van der Waals surface area contributed by atoms with Crippen LogP contribution in [0.5, 0.6) is 0 Å². The number of pyridine rings is 1. The summed E-state index contributed by atoms with van der Waals surface area (Å²) in [5.41, 5.74) is 1.16. The summed E-state index contributed by atoms with van der Waals surface area (Å²) < 4.78 is 0. The minimum atomic E-state index is -0.289. The van der Waals surface area contributed by atoms with Crippen molar-refractivity contribution >= 4 is 5.82 Å². The van der Waals surface area contributed by atoms with Crippen LogP contribution in [0.1, 0.15) is 12.5 Å². The number of aromatic nitrogens is 1. The van der Waals surface area contributed by atoms with Crippen molar-refractivity contribution in [3.63, 3.8) is 0 Å². The first-order valence-corrected chi connectivity index (χ1v) is 5.24. The van der Waals surface area contributed by atoms with Crippen molar-refractivity contribution in [2.24, 2.45) is 0 Å². The zero-order valence-corrected chi connectivity index (χ0v) is 9.33. The fourth-order valence-electron chi connectivity index (χ4n) is 1.16. The van der Waals surface area contributed by atoms with Crippen LogP contribution in [-0.2, 0) is 0 Å². The highest BCUT2D eigenvalue weighted by atomic mass is 16.3. The first-order valence-electron chi connectivity index (χ1n) is 5.24. The molecule has 0 aliphatic carbocycles. The second kappa shape index (κ2) is 6.37. The molecule has 1 heterocycles. The monoisotopic (exact) mass is 209 g/mol. The van der Waals surface area contributed by atoms with Crippen molar-refractivity contribution in [2.75, 3.05) is 25.0 Å². The topological polar surface area (TPSA) is 57.2 Å². The Bertz CT molecular complexity index is 272. The summed E-state index contributed by atoms with van der Waals surface area (Å²) in [6.07, 6.45) is 1.55. The largest absolute Gasteiger partial charge is 0.392 e. The molecule has 0 aliphatic heterocycles. The van der Waals surface area contributed by atoms with E-state index in [0.717, 1.165) is 24.5 Å². The standard InChI is InChI=1S/C11H19N3O/c1-9-3-4-11(14-7-9)13-6-5-12-8-10(2)15/h3-4,7,10,12,15H,5-6,8H2,1-2H3,(H,13,14). The highest BCUT2D eigenvalue weighted by Crippen LogP contribution is 2.02. The third-order valence-electron chi connectivity index (χ3n) is 1.96. The Morgan fingerprint density at radius 2 is 2.20 bits per heavy atom. The average molecular weight is 209 g/mol. The number of nitrogens with one attached hydrogen (secondary N) is 2. The van der Waals surface area contributed by atoms with E-state index in [1.165, 1.54) is 0 Å². The summed E-state index contributed by atoms with van der Waals surface area (Å²) in [5.74, 6) is 0.888. The van der Waals surface area contributed by atoms with Gasteiger partial charge in [0, 0.05) is 25.8 Å². The number of rotatable bonds is 6. The van der Waals surface area contributed by atoms with Crippen LogP contribution >= 0.6 is 0 Å². The summed E-state index contributed by atoms with van der Waals surface area (Å²) in [6.45, 7) is 6.04. The maximum atomic E-state index is 9.00. The molecule has 3 N–H and O–H groups in total. The summed E-state index contributed by atoms with van der Waals surface area (Å²) in [5, 5.41) is 15.3. The van der Waals surface area contributed by atoms with E-state index in [-0.39, 0.29) is 6.10 Å². The van der Waals surface area contributed by atoms with Crippen molar-refractivity contribution in [2.45, 2.75) is 20.0 Å². The molecule has 4 heteroatoms. The number of nitrogens with zero attached hydrogens (tertiary/aromatic N) is 1. The van der Waals surface area contributed by atoms with Gasteiger partial charge in [0.1, 0.15) is 5.82 Å². The molecule has 15 heavy (non-hydrogen) atoms. The van der Waals surface area contributed by atoms with E-state index in [9.17, 15) is 0 Å². The summed E-state index contributed by atoms with van der Waals surface area (Å²) in [7, 11) is 0. The number of hydrogen-bond donors (Lipinski definition) is 3. The predicted molar refractivity (Wildman–Crippen MR) is 62.0 cm³/mol. The summed E-state index contributed by atoms with van der Waals surface area (Å²) >= 11 is 0. The highest BCUT2D eigenvalue weighted by molar-refractivity contribution is 5.34. The average Bonchev–Trinajstić information content (AvgIpc) is 2.20. The van der Waals surface area contributed by atoms with Crippen molar-refractivity contribution in [3.05, 3.63) is 23.9 Å². The van der Waals surface area contributed by atoms with Gasteiger partial charge in [0.2, 0.25) is 0 Å². The van der Waals surface area contributed by atoms with Crippen molar-refractivity contribution < 1.29 is 5.11 Å². The van der Waals surface area contributed by atoms with E-state index in [1.807, 2.05) is 25.3 Å². The smallest absolute Gasteiger partial charge is 0.125 e. The van der Waals surface area contributed by atoms with Crippen LogP contribution in [-0.4, -0.2) is 35.8 Å². The maximum absolute atomic E-state index is 9.00. The van der Waals surface area contributed by atoms with Crippen LogP contribution in [0.4, 0.5) is 5.82 Å². The van der Waals surface area contributed by atoms with E-state index < -0.39 is 0 Å². The van der Waals surface area contributed by atoms with Gasteiger partial charge in [-0.3, -0.25) is 0 Å². The van der Waals surface area contributed by atoms with Crippen molar-refractivity contribution in [1.82, 2.24) is 10.3 Å². The predicted octanol–water partition coefficient (Wildman–Crippen LogP) is 0.772. The Morgan fingerprint density at radius 1 is 1.40 bits per heavy atom. The molecule has 0 saturated heterocycles. The Morgan fingerprint density at radius 3 is 2.80 bits per heavy atom. The molecule has 1 atom stereocenters. The zero-order chi connectivity index (χ0) is 11.1. The van der Waals surface area contributed by atoms with Crippen LogP contribution in [0.3, 0.4) is 0 Å². The zero-order valence-electron chi connectivity index (χ0n) is 9.33. The van der Waals surface area contributed by atoms with Gasteiger partial charge in [-0.25, -0.2) is 4.98 Å². The third kappa shape index (κ3) is 5.34. The van der Waals surface area contributed by atoms with Gasteiger partial charge in [0.15, 0.2) is 0 Å². The van der Waals surface area contributed by atoms with Crippen LogP contribution in [0.2, 0.25) is 0 Å². The molecule has 0 saturated carbocycles. The maximum Gasteiger partial charge on any atom is 0.125 e. The number of anilines is 1. The Kier molecular flexibility index (Phi) is 5.07. The first kappa shape index (κ1) is 11.9. The molecule has 0 fully saturated rings. The molecule has 4 nitrogen and oxygen atoms in total. The van der Waals surface area contributed by atoms with Gasteiger partial charge >= 0.3 is 0 Å². The number of aliphatic hydroxyl groups is 1. The molecule has 0 spiro atoms. The van der Waals surface area contributed by atoms with Gasteiger partial charge in [-0.05, 0) is 25.5 Å². The molecular formula is C11H19N3O. The molecule has 0 bridgehead atoms. The molecule has 0 aromatic carbocycles. The lowest BCUT2D eigenvalue weighted by atomic mass is 10.3. The molecule has 1 unspecified atom stereocenters. The van der Waals surface area contributed by atoms with Crippen LogP contribution in [0, 0.1) is 6.92 Å². The lowest BCUT2D eigenvalue weighted by Gasteiger charge is -2.08. The molecule has 0 radical (unpaired) electrons. The normalized spacial score (nSPS) is 12.5. The van der Waals surface area contributed by atoms with E-state index in [2.05, 4.69) is 15.6 Å². The van der Waals surface area contributed by atoms with E-state index in [0.29, 0.717) is 6.54 Å². The van der Waals surface area contributed by atoms with Gasteiger partial charge in [0.05, 0.1) is 6.10 Å². The van der Waals surface area contributed by atoms with E-state index >= 15 is 0 Å². The second-order valence-electron chi connectivity index (χ2n) is 3.70. The lowest BCUT2D eigenvalue weighted by Crippen LogP contribution is -2.29. The van der Waals surface area contributed by atoms with Crippen molar-refractivity contribution in [1.29, 1.82) is 0 Å². The van der Waals surface area contributed by atoms with Crippen LogP contribution < -0.4 is 10.6 Å². The second-order valence-corrected chi connectivity index (χ2v) is 3.70. The van der Waals surface area contributed by atoms with E-state index in [4.69, 9.17) is 5.11 Å². The Labute approximate surface area is 90.7 Å². The molecular weight excluding hydrogens is 190 g/mol. The first-order chi connectivity index (χ1) is 7.18. The number of hydrogen-bond acceptors (Lipinski definition) is 4. The van der Waals surface area contributed by atoms with Gasteiger partial charge in [-0.1, -0.05) is 6.07 Å². The molecule has 84 valence electrons. The fraction of sp³-hybridized carbons (Fsp3) is 0.545. The molecule has 0 amide bonds. The van der Waals surface area contributed by atoms with E-state index in [1.54, 1.807) is 6.92 Å². The molecule has 1 aromatic heterocycles. The fourth-order valence-corrected chi connectivity index (χ4v) is 1.16. The minimum absolute atomic E-state index is 0.289. The van der Waals surface area contributed by atoms with Crippen molar-refractivity contribution in [3.8, 4) is 0 Å². The SMILES string of the molecule is Cc1ccc(NCCNCC(C)O)nc1.